The zero-order chi connectivity index (χ0) is 8.32. The zero-order valence-electron chi connectivity index (χ0n) is 6.23. The minimum atomic E-state index is -3.46. The predicted octanol–water partition coefficient (Wildman–Crippen LogP) is 1.18. The molecule has 0 fully saturated rings. The summed E-state index contributed by atoms with van der Waals surface area (Å²) >= 11 is 0. The van der Waals surface area contributed by atoms with E-state index in [-0.39, 0.29) is 36.9 Å². The molecule has 1 atom stereocenters. The van der Waals surface area contributed by atoms with Gasteiger partial charge in [0.1, 0.15) is 5.75 Å². The maximum atomic E-state index is 10.5. The third kappa shape index (κ3) is 7.61. The van der Waals surface area contributed by atoms with Crippen LogP contribution in [0.1, 0.15) is 0 Å². The van der Waals surface area contributed by atoms with Crippen molar-refractivity contribution < 1.29 is 49.5 Å². The van der Waals surface area contributed by atoms with Gasteiger partial charge in [-0.2, -0.15) is 8.42 Å². The van der Waals surface area contributed by atoms with Crippen LogP contribution in [0.5, 0.6) is 5.75 Å². The average molecular weight is 355 g/mol. The van der Waals surface area contributed by atoms with Crippen molar-refractivity contribution in [1.82, 2.24) is 0 Å². The van der Waals surface area contributed by atoms with Crippen LogP contribution in [-0.2, 0) is 46.7 Å². The normalized spacial score (nSPS) is 9.31. The monoisotopic (exact) mass is 354 g/mol. The summed E-state index contributed by atoms with van der Waals surface area (Å²) in [6, 6.07) is 8.32. The molecule has 0 saturated heterocycles. The Hall–Kier alpha value is 0.556. The van der Waals surface area contributed by atoms with Gasteiger partial charge >= 0.3 is 9.74 Å². The van der Waals surface area contributed by atoms with Crippen molar-refractivity contribution in [1.29, 1.82) is 0 Å². The van der Waals surface area contributed by atoms with E-state index in [1.807, 2.05) is 0 Å². The maximum absolute atomic E-state index is 10.5. The first-order chi connectivity index (χ1) is 5.08. The van der Waals surface area contributed by atoms with E-state index < -0.39 is 9.74 Å². The van der Waals surface area contributed by atoms with Crippen molar-refractivity contribution in [3.63, 3.8) is 0 Å². The third-order valence-corrected chi connectivity index (χ3v) is 1.67. The molecule has 0 aliphatic heterocycles. The summed E-state index contributed by atoms with van der Waals surface area (Å²) in [4.78, 5) is 0. The largest absolute Gasteiger partial charge is 0.380 e. The molecule has 13 heavy (non-hydrogen) atoms. The first-order valence-electron chi connectivity index (χ1n) is 2.85. The van der Waals surface area contributed by atoms with Crippen LogP contribution in [0.2, 0.25) is 0 Å². The van der Waals surface area contributed by atoms with Gasteiger partial charge in [-0.05, 0) is 12.1 Å². The van der Waals surface area contributed by atoms with E-state index in [0.717, 1.165) is 0 Å². The third-order valence-electron chi connectivity index (χ3n) is 0.956. The first kappa shape index (κ1) is 16.0. The van der Waals surface area contributed by atoms with Gasteiger partial charge in [-0.3, -0.25) is 0 Å². The molecule has 0 heterocycles. The van der Waals surface area contributed by atoms with Crippen LogP contribution in [0.3, 0.4) is 0 Å². The van der Waals surface area contributed by atoms with Crippen LogP contribution in [0, 0.1) is 0 Å². The number of hydrogen-bond donors (Lipinski definition) is 0. The smallest absolute Gasteiger partial charge is 0.318 e. The molecule has 7 heteroatoms. The second-order valence-corrected chi connectivity index (χ2v) is 4.77. The Morgan fingerprint density at radius 2 is 1.62 bits per heavy atom. The summed E-state index contributed by atoms with van der Waals surface area (Å²) < 4.78 is 25.6. The first-order valence-corrected chi connectivity index (χ1v) is 5.74. The van der Waals surface area contributed by atoms with Gasteiger partial charge in [0.05, 0.1) is 0 Å². The number of hydrogen-bond acceptors (Lipinski definition) is 3. The fourth-order valence-electron chi connectivity index (χ4n) is 0.610. The minimum Gasteiger partial charge on any atom is -0.380 e. The van der Waals surface area contributed by atoms with Crippen LogP contribution >= 0.6 is 8.44 Å². The van der Waals surface area contributed by atoms with Crippen molar-refractivity contribution in [2.75, 3.05) is 0 Å². The molecule has 0 saturated carbocycles. The van der Waals surface area contributed by atoms with Crippen LogP contribution < -0.4 is 4.18 Å². The summed E-state index contributed by atoms with van der Waals surface area (Å²) in [6.07, 6.45) is 0. The molecule has 0 aliphatic carbocycles. The molecule has 1 aromatic rings. The van der Waals surface area contributed by atoms with Gasteiger partial charge in [-0.1, -0.05) is 18.2 Å². The summed E-state index contributed by atoms with van der Waals surface area (Å²) in [7, 11) is -1.85. The molecular formula is C6H7NiO3PPdS. The molecule has 1 rings (SSSR count). The van der Waals surface area contributed by atoms with Gasteiger partial charge < -0.3 is 4.18 Å². The summed E-state index contributed by atoms with van der Waals surface area (Å²) in [5.74, 6) is 0.322. The molecule has 1 unspecified atom stereocenters. The zero-order valence-corrected chi connectivity index (χ0v) is 10.7. The molecule has 0 bridgehead atoms. The van der Waals surface area contributed by atoms with Crippen molar-refractivity contribution in [2.45, 2.75) is 0 Å². The molecule has 0 N–H and O–H groups in total. The Balaban J connectivity index is 0. The van der Waals surface area contributed by atoms with Crippen molar-refractivity contribution >= 4 is 18.2 Å². The standard InChI is InChI=1S/C6H7O3PS.Ni.Pd/c7-11(8,10)9-6-4-2-1-3-5-6;;/h1-5H,10H2;;. The number of benzene rings is 1. The Morgan fingerprint density at radius 1 is 1.15 bits per heavy atom. The molecule has 0 radical (unpaired) electrons. The Kier molecular flexibility index (Phi) is 8.53. The van der Waals surface area contributed by atoms with Gasteiger partial charge in [0.25, 0.3) is 0 Å². The Labute approximate surface area is 103 Å². The van der Waals surface area contributed by atoms with Crippen molar-refractivity contribution in [3.8, 4) is 5.75 Å². The molecule has 80 valence electrons. The van der Waals surface area contributed by atoms with Crippen LogP contribution in [0.25, 0.3) is 0 Å². The summed E-state index contributed by atoms with van der Waals surface area (Å²) in [5.41, 5.74) is 0. The van der Waals surface area contributed by atoms with E-state index in [9.17, 15) is 8.42 Å². The van der Waals surface area contributed by atoms with E-state index in [2.05, 4.69) is 4.18 Å². The molecule has 3 nitrogen and oxygen atoms in total. The SMILES string of the molecule is O=S(=O)(P)Oc1ccccc1.[Ni].[Pd]. The van der Waals surface area contributed by atoms with E-state index in [1.54, 1.807) is 38.8 Å². The Bertz CT molecular complexity index is 329. The van der Waals surface area contributed by atoms with Crippen molar-refractivity contribution in [2.24, 2.45) is 0 Å². The van der Waals surface area contributed by atoms with E-state index in [4.69, 9.17) is 0 Å². The second-order valence-electron chi connectivity index (χ2n) is 1.89. The maximum Gasteiger partial charge on any atom is 0.318 e. The average Bonchev–Trinajstić information content (AvgIpc) is 1.85. The molecule has 0 aliphatic rings. The summed E-state index contributed by atoms with van der Waals surface area (Å²) in [5, 5.41) is 0. The summed E-state index contributed by atoms with van der Waals surface area (Å²) in [6.45, 7) is 0. The van der Waals surface area contributed by atoms with E-state index in [1.165, 1.54) is 0 Å². The fourth-order valence-corrected chi connectivity index (χ4v) is 1.32. The quantitative estimate of drug-likeness (QED) is 0.591. The predicted molar refractivity (Wildman–Crippen MR) is 45.7 cm³/mol. The molecule has 0 amide bonds. The molecule has 1 aromatic carbocycles. The topological polar surface area (TPSA) is 43.4 Å². The van der Waals surface area contributed by atoms with Crippen LogP contribution in [0.4, 0.5) is 0 Å². The van der Waals surface area contributed by atoms with Crippen molar-refractivity contribution in [3.05, 3.63) is 30.3 Å². The van der Waals surface area contributed by atoms with Gasteiger partial charge in [0.15, 0.2) is 0 Å². The number of para-hydroxylation sites is 1. The van der Waals surface area contributed by atoms with Gasteiger partial charge in [0.2, 0.25) is 0 Å². The van der Waals surface area contributed by atoms with Gasteiger partial charge in [0, 0.05) is 45.4 Å². The molecule has 0 spiro atoms. The van der Waals surface area contributed by atoms with Gasteiger partial charge in [-0.15, -0.1) is 0 Å². The van der Waals surface area contributed by atoms with Crippen LogP contribution in [-0.4, -0.2) is 8.42 Å². The second kappa shape index (κ2) is 6.93. The minimum absolute atomic E-state index is 0. The molecular weight excluding hydrogens is 348 g/mol. The number of rotatable bonds is 2. The van der Waals surface area contributed by atoms with Crippen LogP contribution in [0.15, 0.2) is 30.3 Å². The molecule has 0 aromatic heterocycles. The van der Waals surface area contributed by atoms with E-state index >= 15 is 0 Å². The van der Waals surface area contributed by atoms with E-state index in [0.29, 0.717) is 5.75 Å². The van der Waals surface area contributed by atoms with Gasteiger partial charge in [-0.25, -0.2) is 0 Å². The fraction of sp³-hybridized carbons (Fsp3) is 0. The Morgan fingerprint density at radius 3 is 2.00 bits per heavy atom.